The highest BCUT2D eigenvalue weighted by Crippen LogP contribution is 2.24. The first kappa shape index (κ1) is 11.3. The Morgan fingerprint density at radius 1 is 1.54 bits per heavy atom. The normalized spacial score (nSPS) is 33.2. The summed E-state index contributed by atoms with van der Waals surface area (Å²) in [6, 6.07) is 0.611. The van der Waals surface area contributed by atoms with Crippen LogP contribution < -0.4 is 0 Å². The van der Waals surface area contributed by atoms with E-state index in [2.05, 4.69) is 18.7 Å². The summed E-state index contributed by atoms with van der Waals surface area (Å²) >= 11 is 2.04. The topological polar surface area (TPSA) is 23.5 Å². The number of thioether (sulfide) groups is 1. The summed E-state index contributed by atoms with van der Waals surface area (Å²) in [5.74, 6) is 1.21. The van der Waals surface area contributed by atoms with Crippen LogP contribution in [0.1, 0.15) is 27.2 Å². The number of nitrogens with zero attached hydrogens (tertiary/aromatic N) is 1. The molecule has 1 N–H and O–H groups in total. The summed E-state index contributed by atoms with van der Waals surface area (Å²) < 4.78 is 0. The minimum Gasteiger partial charge on any atom is -0.392 e. The molecule has 3 unspecified atom stereocenters. The second-order valence-electron chi connectivity index (χ2n) is 3.87. The Labute approximate surface area is 85.7 Å². The quantitative estimate of drug-likeness (QED) is 0.753. The average Bonchev–Trinajstić information content (AvgIpc) is 2.13. The second kappa shape index (κ2) is 5.23. The Kier molecular flexibility index (Phi) is 4.56. The largest absolute Gasteiger partial charge is 0.392 e. The van der Waals surface area contributed by atoms with Crippen LogP contribution in [0.25, 0.3) is 0 Å². The van der Waals surface area contributed by atoms with Gasteiger partial charge in [-0.3, -0.25) is 4.90 Å². The molecule has 0 aromatic rings. The molecule has 13 heavy (non-hydrogen) atoms. The van der Waals surface area contributed by atoms with Crippen molar-refractivity contribution in [2.45, 2.75) is 44.6 Å². The second-order valence-corrected chi connectivity index (χ2v) is 5.36. The predicted octanol–water partition coefficient (Wildman–Crippen LogP) is 1.58. The lowest BCUT2D eigenvalue weighted by Crippen LogP contribution is -2.47. The summed E-state index contributed by atoms with van der Waals surface area (Å²) in [5.41, 5.74) is 0. The highest BCUT2D eigenvalue weighted by Gasteiger charge is 2.25. The maximum absolute atomic E-state index is 9.57. The van der Waals surface area contributed by atoms with Gasteiger partial charge in [-0.2, -0.15) is 11.8 Å². The van der Waals surface area contributed by atoms with E-state index in [0.29, 0.717) is 11.3 Å². The standard InChI is InChI=1S/C10H21NOS/c1-4-10(12)7-11-5-6-13-9(3)8(11)2/h8-10,12H,4-7H2,1-3H3. The van der Waals surface area contributed by atoms with Crippen molar-refractivity contribution in [1.29, 1.82) is 0 Å². The van der Waals surface area contributed by atoms with Gasteiger partial charge in [-0.15, -0.1) is 0 Å². The molecule has 1 rings (SSSR count). The van der Waals surface area contributed by atoms with Gasteiger partial charge in [0.25, 0.3) is 0 Å². The first-order valence-corrected chi connectivity index (χ1v) is 6.23. The SMILES string of the molecule is CCC(O)CN1CCSC(C)C1C. The number of hydrogen-bond donors (Lipinski definition) is 1. The molecule has 1 saturated heterocycles. The Morgan fingerprint density at radius 2 is 2.23 bits per heavy atom. The molecule has 1 fully saturated rings. The molecule has 0 aliphatic carbocycles. The minimum atomic E-state index is -0.141. The van der Waals surface area contributed by atoms with E-state index in [4.69, 9.17) is 0 Å². The lowest BCUT2D eigenvalue weighted by Gasteiger charge is -2.38. The van der Waals surface area contributed by atoms with Gasteiger partial charge >= 0.3 is 0 Å². The van der Waals surface area contributed by atoms with Crippen LogP contribution in [-0.2, 0) is 0 Å². The molecular weight excluding hydrogens is 182 g/mol. The van der Waals surface area contributed by atoms with Crippen molar-refractivity contribution in [2.75, 3.05) is 18.8 Å². The van der Waals surface area contributed by atoms with E-state index in [-0.39, 0.29) is 6.10 Å². The number of aliphatic hydroxyl groups excluding tert-OH is 1. The summed E-state index contributed by atoms with van der Waals surface area (Å²) in [5, 5.41) is 10.3. The summed E-state index contributed by atoms with van der Waals surface area (Å²) in [4.78, 5) is 2.41. The first-order chi connectivity index (χ1) is 6.15. The zero-order chi connectivity index (χ0) is 9.84. The van der Waals surface area contributed by atoms with Crippen LogP contribution in [0.4, 0.5) is 0 Å². The van der Waals surface area contributed by atoms with E-state index in [1.54, 1.807) is 0 Å². The fourth-order valence-corrected chi connectivity index (χ4v) is 2.82. The fraction of sp³-hybridized carbons (Fsp3) is 1.00. The Hall–Kier alpha value is 0.270. The summed E-state index contributed by atoms with van der Waals surface area (Å²) in [7, 11) is 0. The zero-order valence-corrected chi connectivity index (χ0v) is 9.68. The van der Waals surface area contributed by atoms with Crippen LogP contribution in [0.5, 0.6) is 0 Å². The molecule has 0 saturated carbocycles. The van der Waals surface area contributed by atoms with Crippen molar-refractivity contribution in [3.63, 3.8) is 0 Å². The van der Waals surface area contributed by atoms with Gasteiger partial charge in [0.1, 0.15) is 0 Å². The Bertz CT molecular complexity index is 154. The van der Waals surface area contributed by atoms with E-state index in [0.717, 1.165) is 19.5 Å². The lowest BCUT2D eigenvalue weighted by atomic mass is 10.1. The number of aliphatic hydroxyl groups is 1. The highest BCUT2D eigenvalue weighted by atomic mass is 32.2. The molecule has 2 nitrogen and oxygen atoms in total. The van der Waals surface area contributed by atoms with Crippen molar-refractivity contribution in [3.05, 3.63) is 0 Å². The van der Waals surface area contributed by atoms with Crippen LogP contribution in [0.15, 0.2) is 0 Å². The third-order valence-corrected chi connectivity index (χ3v) is 4.27. The average molecular weight is 203 g/mol. The molecule has 0 amide bonds. The minimum absolute atomic E-state index is 0.141. The molecule has 1 aliphatic heterocycles. The molecular formula is C10H21NOS. The molecule has 1 aliphatic rings. The van der Waals surface area contributed by atoms with Gasteiger partial charge in [-0.25, -0.2) is 0 Å². The smallest absolute Gasteiger partial charge is 0.0664 e. The molecule has 0 aromatic heterocycles. The zero-order valence-electron chi connectivity index (χ0n) is 8.86. The van der Waals surface area contributed by atoms with E-state index in [9.17, 15) is 5.11 Å². The van der Waals surface area contributed by atoms with Gasteiger partial charge in [-0.05, 0) is 13.3 Å². The Balaban J connectivity index is 2.39. The van der Waals surface area contributed by atoms with Crippen LogP contribution >= 0.6 is 11.8 Å². The third kappa shape index (κ3) is 3.15. The van der Waals surface area contributed by atoms with Gasteiger partial charge in [0.15, 0.2) is 0 Å². The fourth-order valence-electron chi connectivity index (χ4n) is 1.65. The van der Waals surface area contributed by atoms with Crippen molar-refractivity contribution in [3.8, 4) is 0 Å². The number of rotatable bonds is 3. The van der Waals surface area contributed by atoms with E-state index in [1.165, 1.54) is 5.75 Å². The van der Waals surface area contributed by atoms with Gasteiger partial charge in [0.05, 0.1) is 6.10 Å². The van der Waals surface area contributed by atoms with Gasteiger partial charge in [-0.1, -0.05) is 13.8 Å². The van der Waals surface area contributed by atoms with Crippen LogP contribution in [0.3, 0.4) is 0 Å². The first-order valence-electron chi connectivity index (χ1n) is 5.18. The molecule has 1 heterocycles. The predicted molar refractivity (Wildman–Crippen MR) is 59.3 cm³/mol. The molecule has 3 atom stereocenters. The molecule has 78 valence electrons. The molecule has 0 bridgehead atoms. The van der Waals surface area contributed by atoms with Gasteiger partial charge in [0, 0.05) is 30.1 Å². The molecule has 3 heteroatoms. The van der Waals surface area contributed by atoms with Crippen LogP contribution in [0, 0.1) is 0 Å². The summed E-state index contributed by atoms with van der Waals surface area (Å²) in [6.45, 7) is 8.56. The maximum Gasteiger partial charge on any atom is 0.0664 e. The summed E-state index contributed by atoms with van der Waals surface area (Å²) in [6.07, 6.45) is 0.725. The van der Waals surface area contributed by atoms with Gasteiger partial charge in [0.2, 0.25) is 0 Å². The van der Waals surface area contributed by atoms with Crippen molar-refractivity contribution in [1.82, 2.24) is 4.90 Å². The number of β-amino-alcohol motifs (C(OH)–C–C–N with tert-alkyl or cyclic N) is 1. The van der Waals surface area contributed by atoms with Crippen molar-refractivity contribution in [2.24, 2.45) is 0 Å². The van der Waals surface area contributed by atoms with E-state index < -0.39 is 0 Å². The monoisotopic (exact) mass is 203 g/mol. The van der Waals surface area contributed by atoms with E-state index in [1.807, 2.05) is 18.7 Å². The van der Waals surface area contributed by atoms with Crippen LogP contribution in [-0.4, -0.2) is 46.2 Å². The third-order valence-electron chi connectivity index (χ3n) is 2.93. The highest BCUT2D eigenvalue weighted by molar-refractivity contribution is 8.00. The van der Waals surface area contributed by atoms with Crippen molar-refractivity contribution < 1.29 is 5.11 Å². The molecule has 0 radical (unpaired) electrons. The Morgan fingerprint density at radius 3 is 2.85 bits per heavy atom. The lowest BCUT2D eigenvalue weighted by molar-refractivity contribution is 0.0903. The molecule has 0 aromatic carbocycles. The van der Waals surface area contributed by atoms with Gasteiger partial charge < -0.3 is 5.11 Å². The van der Waals surface area contributed by atoms with Crippen LogP contribution in [0.2, 0.25) is 0 Å². The molecule has 0 spiro atoms. The number of hydrogen-bond acceptors (Lipinski definition) is 3. The van der Waals surface area contributed by atoms with Crippen molar-refractivity contribution >= 4 is 11.8 Å². The maximum atomic E-state index is 9.57. The van der Waals surface area contributed by atoms with E-state index >= 15 is 0 Å².